The molecule has 16 heavy (non-hydrogen) atoms. The van der Waals surface area contributed by atoms with Crippen LogP contribution in [0.5, 0.6) is 0 Å². The van der Waals surface area contributed by atoms with Gasteiger partial charge in [0.1, 0.15) is 0 Å². The number of rotatable bonds is 7. The van der Waals surface area contributed by atoms with Crippen LogP contribution in [0, 0.1) is 0 Å². The molecule has 0 aromatic heterocycles. The Hall–Kier alpha value is -0.830. The zero-order valence-electron chi connectivity index (χ0n) is 11.1. The molecular weight excluding hydrogens is 204 g/mol. The molecule has 0 radical (unpaired) electrons. The average molecular weight is 228 g/mol. The van der Waals surface area contributed by atoms with Gasteiger partial charge < -0.3 is 9.47 Å². The Morgan fingerprint density at radius 3 is 2.50 bits per heavy atom. The van der Waals surface area contributed by atoms with E-state index >= 15 is 0 Å². The molecule has 0 amide bonds. The summed E-state index contributed by atoms with van der Waals surface area (Å²) in [6, 6.07) is 0. The van der Waals surface area contributed by atoms with Gasteiger partial charge in [0, 0.05) is 13.2 Å². The summed E-state index contributed by atoms with van der Waals surface area (Å²) in [5.74, 6) is -0.244. The molecule has 0 fully saturated rings. The summed E-state index contributed by atoms with van der Waals surface area (Å²) in [4.78, 5) is 11.1. The van der Waals surface area contributed by atoms with Gasteiger partial charge in [0.25, 0.3) is 0 Å². The quantitative estimate of drug-likeness (QED) is 0.496. The molecule has 3 nitrogen and oxygen atoms in total. The molecule has 0 atom stereocenters. The van der Waals surface area contributed by atoms with Gasteiger partial charge in [0.15, 0.2) is 0 Å². The predicted octanol–water partition coefficient (Wildman–Crippen LogP) is 3.09. The molecule has 0 aliphatic carbocycles. The van der Waals surface area contributed by atoms with Crippen molar-refractivity contribution in [2.45, 2.75) is 52.6 Å². The summed E-state index contributed by atoms with van der Waals surface area (Å²) >= 11 is 0. The third kappa shape index (κ3) is 7.46. The van der Waals surface area contributed by atoms with E-state index in [-0.39, 0.29) is 11.6 Å². The summed E-state index contributed by atoms with van der Waals surface area (Å²) < 4.78 is 10.2. The lowest BCUT2D eigenvalue weighted by Gasteiger charge is -2.22. The van der Waals surface area contributed by atoms with E-state index in [1.54, 1.807) is 13.2 Å². The van der Waals surface area contributed by atoms with Gasteiger partial charge in [-0.1, -0.05) is 5.57 Å². The van der Waals surface area contributed by atoms with E-state index in [0.717, 1.165) is 24.8 Å². The molecule has 94 valence electrons. The Labute approximate surface area is 98.8 Å². The first-order chi connectivity index (χ1) is 7.41. The molecule has 0 aliphatic heterocycles. The highest BCUT2D eigenvalue weighted by atomic mass is 16.5. The first-order valence-corrected chi connectivity index (χ1v) is 5.80. The van der Waals surface area contributed by atoms with Gasteiger partial charge in [0.2, 0.25) is 0 Å². The van der Waals surface area contributed by atoms with Crippen LogP contribution in [0.4, 0.5) is 0 Å². The van der Waals surface area contributed by atoms with E-state index in [9.17, 15) is 4.79 Å². The Morgan fingerprint density at radius 1 is 1.38 bits per heavy atom. The van der Waals surface area contributed by atoms with Gasteiger partial charge in [-0.05, 0) is 47.0 Å². The van der Waals surface area contributed by atoms with Crippen LogP contribution >= 0.6 is 0 Å². The minimum Gasteiger partial charge on any atom is -0.463 e. The van der Waals surface area contributed by atoms with Crippen molar-refractivity contribution in [1.29, 1.82) is 0 Å². The van der Waals surface area contributed by atoms with Crippen molar-refractivity contribution in [1.82, 2.24) is 0 Å². The molecule has 0 bridgehead atoms. The van der Waals surface area contributed by atoms with Crippen LogP contribution < -0.4 is 0 Å². The maximum Gasteiger partial charge on any atom is 0.330 e. The van der Waals surface area contributed by atoms with Crippen LogP contribution in [0.1, 0.15) is 47.0 Å². The number of hydrogen-bond donors (Lipinski definition) is 0. The van der Waals surface area contributed by atoms with Gasteiger partial charge in [-0.3, -0.25) is 0 Å². The fraction of sp³-hybridized carbons (Fsp3) is 0.769. The van der Waals surface area contributed by atoms with Crippen molar-refractivity contribution in [3.8, 4) is 0 Å². The predicted molar refractivity (Wildman–Crippen MR) is 65.3 cm³/mol. The van der Waals surface area contributed by atoms with Crippen LogP contribution in [0.25, 0.3) is 0 Å². The number of hydrogen-bond acceptors (Lipinski definition) is 3. The van der Waals surface area contributed by atoms with Crippen LogP contribution in [0.15, 0.2) is 11.6 Å². The number of methoxy groups -OCH3 is 1. The summed E-state index contributed by atoms with van der Waals surface area (Å²) in [7, 11) is 1.72. The zero-order chi connectivity index (χ0) is 12.6. The average Bonchev–Trinajstić information content (AvgIpc) is 2.17. The lowest BCUT2D eigenvalue weighted by molar-refractivity contribution is -0.137. The van der Waals surface area contributed by atoms with E-state index in [4.69, 9.17) is 9.47 Å². The van der Waals surface area contributed by atoms with Crippen LogP contribution in [-0.2, 0) is 14.3 Å². The van der Waals surface area contributed by atoms with E-state index in [0.29, 0.717) is 6.61 Å². The van der Waals surface area contributed by atoms with E-state index in [2.05, 4.69) is 13.8 Å². The van der Waals surface area contributed by atoms with Gasteiger partial charge in [-0.15, -0.1) is 0 Å². The molecule has 3 heteroatoms. The minimum absolute atomic E-state index is 0.0792. The van der Waals surface area contributed by atoms with E-state index < -0.39 is 0 Å². The highest BCUT2D eigenvalue weighted by molar-refractivity contribution is 5.82. The fourth-order valence-corrected chi connectivity index (χ4v) is 1.35. The molecule has 0 rings (SSSR count). The Morgan fingerprint density at radius 2 is 2.00 bits per heavy atom. The number of carbonyl (C=O) groups is 1. The van der Waals surface area contributed by atoms with Gasteiger partial charge in [-0.25, -0.2) is 4.79 Å². The third-order valence-corrected chi connectivity index (χ3v) is 2.55. The number of esters is 1. The Kier molecular flexibility index (Phi) is 7.06. The van der Waals surface area contributed by atoms with Crippen molar-refractivity contribution in [2.75, 3.05) is 13.7 Å². The minimum atomic E-state index is -0.244. The summed E-state index contributed by atoms with van der Waals surface area (Å²) in [6.07, 6.45) is 4.48. The largest absolute Gasteiger partial charge is 0.463 e. The number of ether oxygens (including phenoxy) is 2. The van der Waals surface area contributed by atoms with E-state index in [1.807, 2.05) is 13.8 Å². The zero-order valence-corrected chi connectivity index (χ0v) is 11.1. The maximum absolute atomic E-state index is 11.1. The standard InChI is InChI=1S/C13H24O3/c1-6-16-12(14)10-11(2)8-7-9-13(3,4)15-5/h10H,6-9H2,1-5H3/b11-10+. The first-order valence-electron chi connectivity index (χ1n) is 5.80. The van der Waals surface area contributed by atoms with Crippen molar-refractivity contribution in [2.24, 2.45) is 0 Å². The van der Waals surface area contributed by atoms with Crippen LogP contribution in [0.2, 0.25) is 0 Å². The molecule has 0 N–H and O–H groups in total. The molecule has 0 saturated heterocycles. The molecule has 0 spiro atoms. The second kappa shape index (κ2) is 7.44. The van der Waals surface area contributed by atoms with Crippen LogP contribution in [0.3, 0.4) is 0 Å². The summed E-state index contributed by atoms with van der Waals surface area (Å²) in [5, 5.41) is 0. The Bertz CT molecular complexity index is 242. The topological polar surface area (TPSA) is 35.5 Å². The fourth-order valence-electron chi connectivity index (χ4n) is 1.35. The summed E-state index contributed by atoms with van der Waals surface area (Å²) in [5.41, 5.74) is 0.981. The molecule has 0 aromatic rings. The second-order valence-corrected chi connectivity index (χ2v) is 4.56. The molecule has 0 aliphatic rings. The normalized spacial score (nSPS) is 12.7. The monoisotopic (exact) mass is 228 g/mol. The molecule has 0 heterocycles. The molecule has 0 unspecified atom stereocenters. The molecule has 0 aromatic carbocycles. The Balaban J connectivity index is 3.89. The summed E-state index contributed by atoms with van der Waals surface area (Å²) in [6.45, 7) is 8.33. The van der Waals surface area contributed by atoms with Crippen molar-refractivity contribution < 1.29 is 14.3 Å². The first kappa shape index (κ1) is 15.2. The maximum atomic E-state index is 11.1. The van der Waals surface area contributed by atoms with Crippen molar-refractivity contribution in [3.63, 3.8) is 0 Å². The number of carbonyl (C=O) groups excluding carboxylic acids is 1. The lowest BCUT2D eigenvalue weighted by atomic mass is 9.99. The van der Waals surface area contributed by atoms with Gasteiger partial charge in [0.05, 0.1) is 12.2 Å². The third-order valence-electron chi connectivity index (χ3n) is 2.55. The lowest BCUT2D eigenvalue weighted by Crippen LogP contribution is -2.21. The molecular formula is C13H24O3. The van der Waals surface area contributed by atoms with Gasteiger partial charge in [-0.2, -0.15) is 0 Å². The van der Waals surface area contributed by atoms with Gasteiger partial charge >= 0.3 is 5.97 Å². The SMILES string of the molecule is CCOC(=O)/C=C(\C)CCCC(C)(C)OC. The van der Waals surface area contributed by atoms with E-state index in [1.165, 1.54) is 0 Å². The van der Waals surface area contributed by atoms with Crippen LogP contribution in [-0.4, -0.2) is 25.3 Å². The smallest absolute Gasteiger partial charge is 0.330 e. The molecule has 0 saturated carbocycles. The number of allylic oxidation sites excluding steroid dienone is 1. The second-order valence-electron chi connectivity index (χ2n) is 4.56. The van der Waals surface area contributed by atoms with Crippen molar-refractivity contribution in [3.05, 3.63) is 11.6 Å². The highest BCUT2D eigenvalue weighted by Gasteiger charge is 2.15. The van der Waals surface area contributed by atoms with Crippen molar-refractivity contribution >= 4 is 5.97 Å². The highest BCUT2D eigenvalue weighted by Crippen LogP contribution is 2.18.